The molecular formula is C27H34N4O4. The van der Waals surface area contributed by atoms with Crippen LogP contribution >= 0.6 is 0 Å². The Labute approximate surface area is 206 Å². The number of nitrogens with zero attached hydrogens (tertiary/aromatic N) is 1. The molecule has 8 nitrogen and oxygen atoms in total. The summed E-state index contributed by atoms with van der Waals surface area (Å²) < 4.78 is 11.0. The molecule has 0 aliphatic heterocycles. The summed E-state index contributed by atoms with van der Waals surface area (Å²) in [6, 6.07) is 18.4. The number of nitrogens with one attached hydrogen (secondary N) is 3. The fourth-order valence-corrected chi connectivity index (χ4v) is 3.54. The zero-order chi connectivity index (χ0) is 25.1. The lowest BCUT2D eigenvalue weighted by atomic mass is 10.0. The maximum absolute atomic E-state index is 12.9. The fourth-order valence-electron chi connectivity index (χ4n) is 3.54. The number of imidazole rings is 1. The van der Waals surface area contributed by atoms with E-state index in [0.29, 0.717) is 19.4 Å². The van der Waals surface area contributed by atoms with Gasteiger partial charge in [0.15, 0.2) is 0 Å². The molecule has 3 N–H and O–H groups in total. The van der Waals surface area contributed by atoms with Crippen molar-refractivity contribution in [1.29, 1.82) is 0 Å². The second-order valence-electron chi connectivity index (χ2n) is 9.28. The number of esters is 1. The minimum absolute atomic E-state index is 0.202. The van der Waals surface area contributed by atoms with Gasteiger partial charge in [-0.25, -0.2) is 9.78 Å². The molecule has 0 fully saturated rings. The Balaban J connectivity index is 1.62. The van der Waals surface area contributed by atoms with E-state index in [0.717, 1.165) is 16.8 Å². The molecule has 0 bridgehead atoms. The third-order valence-corrected chi connectivity index (χ3v) is 5.20. The minimum atomic E-state index is -0.596. The molecule has 0 saturated heterocycles. The van der Waals surface area contributed by atoms with E-state index < -0.39 is 17.7 Å². The number of hydrogen-bond acceptors (Lipinski definition) is 6. The van der Waals surface area contributed by atoms with Crippen LogP contribution in [0.3, 0.4) is 0 Å². The van der Waals surface area contributed by atoms with Crippen LogP contribution in [0.25, 0.3) is 0 Å². The number of aromatic amines is 1. The number of alkyl carbamates (subject to hydrolysis) is 1. The molecule has 1 aromatic heterocycles. The first-order valence-electron chi connectivity index (χ1n) is 11.8. The maximum atomic E-state index is 12.9. The van der Waals surface area contributed by atoms with Gasteiger partial charge < -0.3 is 25.1 Å². The summed E-state index contributed by atoms with van der Waals surface area (Å²) in [7, 11) is 0. The number of hydrogen-bond donors (Lipinski definition) is 3. The van der Waals surface area contributed by atoms with Crippen molar-refractivity contribution in [3.63, 3.8) is 0 Å². The molecule has 35 heavy (non-hydrogen) atoms. The predicted molar refractivity (Wildman–Crippen MR) is 133 cm³/mol. The molecule has 1 heterocycles. The van der Waals surface area contributed by atoms with Crippen LogP contribution < -0.4 is 10.6 Å². The largest absolute Gasteiger partial charge is 0.460 e. The molecule has 0 spiro atoms. The molecule has 0 radical (unpaired) electrons. The summed E-state index contributed by atoms with van der Waals surface area (Å²) in [4.78, 5) is 32.4. The second-order valence-corrected chi connectivity index (χ2v) is 9.28. The topological polar surface area (TPSA) is 105 Å². The van der Waals surface area contributed by atoms with Gasteiger partial charge in [-0.1, -0.05) is 60.7 Å². The van der Waals surface area contributed by atoms with Crippen LogP contribution in [-0.2, 0) is 27.3 Å². The van der Waals surface area contributed by atoms with E-state index in [4.69, 9.17) is 9.47 Å². The van der Waals surface area contributed by atoms with Crippen LogP contribution in [0.2, 0.25) is 0 Å². The van der Waals surface area contributed by atoms with Crippen LogP contribution in [-0.4, -0.2) is 40.2 Å². The van der Waals surface area contributed by atoms with E-state index in [-0.39, 0.29) is 18.6 Å². The van der Waals surface area contributed by atoms with Gasteiger partial charge in [0.1, 0.15) is 18.2 Å². The lowest BCUT2D eigenvalue weighted by molar-refractivity contribution is -0.147. The van der Waals surface area contributed by atoms with Gasteiger partial charge in [-0.05, 0) is 44.9 Å². The van der Waals surface area contributed by atoms with Crippen molar-refractivity contribution in [3.8, 4) is 0 Å². The summed E-state index contributed by atoms with van der Waals surface area (Å²) in [6.07, 6.45) is 3.74. The van der Waals surface area contributed by atoms with Gasteiger partial charge in [0.25, 0.3) is 0 Å². The molecule has 3 rings (SSSR count). The van der Waals surface area contributed by atoms with Gasteiger partial charge in [-0.2, -0.15) is 0 Å². The van der Waals surface area contributed by atoms with Crippen LogP contribution in [0.1, 0.15) is 50.1 Å². The Kier molecular flexibility index (Phi) is 9.43. The van der Waals surface area contributed by atoms with Crippen LogP contribution in [0.4, 0.5) is 4.79 Å². The predicted octanol–water partition coefficient (Wildman–Crippen LogP) is 4.31. The van der Waals surface area contributed by atoms with Gasteiger partial charge >= 0.3 is 12.1 Å². The highest BCUT2D eigenvalue weighted by molar-refractivity contribution is 5.76. The number of ether oxygens (including phenoxy) is 2. The highest BCUT2D eigenvalue weighted by Gasteiger charge is 2.24. The smallest absolute Gasteiger partial charge is 0.408 e. The molecule has 8 heteroatoms. The molecule has 0 aliphatic rings. The quantitative estimate of drug-likeness (QED) is 0.355. The Morgan fingerprint density at radius 1 is 1.03 bits per heavy atom. The second kappa shape index (κ2) is 12.7. The summed E-state index contributed by atoms with van der Waals surface area (Å²) >= 11 is 0. The number of carbonyl (C=O) groups excluding carboxylic acids is 2. The highest BCUT2D eigenvalue weighted by atomic mass is 16.6. The van der Waals surface area contributed by atoms with E-state index in [9.17, 15) is 9.59 Å². The third kappa shape index (κ3) is 9.25. The van der Waals surface area contributed by atoms with Crippen molar-refractivity contribution >= 4 is 12.1 Å². The molecule has 0 saturated carbocycles. The maximum Gasteiger partial charge on any atom is 0.408 e. The highest BCUT2D eigenvalue weighted by Crippen LogP contribution is 2.18. The summed E-state index contributed by atoms with van der Waals surface area (Å²) in [5.74, 6) is -0.347. The number of rotatable bonds is 11. The Morgan fingerprint density at radius 2 is 1.71 bits per heavy atom. The van der Waals surface area contributed by atoms with Gasteiger partial charge in [0.2, 0.25) is 0 Å². The summed E-state index contributed by atoms with van der Waals surface area (Å²) in [5.41, 5.74) is 2.11. The number of aromatic nitrogens is 2. The van der Waals surface area contributed by atoms with Crippen molar-refractivity contribution in [2.75, 3.05) is 6.54 Å². The average Bonchev–Trinajstić information content (AvgIpc) is 3.34. The summed E-state index contributed by atoms with van der Waals surface area (Å²) in [5, 5.41) is 6.25. The number of carbonyl (C=O) groups is 2. The third-order valence-electron chi connectivity index (χ3n) is 5.20. The SMILES string of the molecule is CC(C)(C)OC(=O)NC(CCN[C@@H](Cc1cnc[nH]1)C(=O)OCc1ccccc1)c1ccccc1. The first-order valence-corrected chi connectivity index (χ1v) is 11.8. The van der Waals surface area contributed by atoms with Gasteiger partial charge in [-0.15, -0.1) is 0 Å². The standard InChI is InChI=1S/C27H34N4O4/c1-27(2,3)35-26(33)31-23(21-12-8-5-9-13-21)14-15-29-24(16-22-17-28-19-30-22)25(32)34-18-20-10-6-4-7-11-20/h4-13,17,19,23-24,29H,14-16,18H2,1-3H3,(H,28,30)(H,31,33)/t23?,24-/m0/s1. The minimum Gasteiger partial charge on any atom is -0.460 e. The zero-order valence-corrected chi connectivity index (χ0v) is 20.5. The van der Waals surface area contributed by atoms with Crippen molar-refractivity contribution in [2.24, 2.45) is 0 Å². The number of H-pyrrole nitrogens is 1. The van der Waals surface area contributed by atoms with Crippen molar-refractivity contribution in [1.82, 2.24) is 20.6 Å². The van der Waals surface area contributed by atoms with Gasteiger partial charge in [0.05, 0.1) is 12.4 Å². The normalized spacial score (nSPS) is 13.0. The van der Waals surface area contributed by atoms with Crippen LogP contribution in [0, 0.1) is 0 Å². The van der Waals surface area contributed by atoms with E-state index in [1.807, 2.05) is 81.4 Å². The van der Waals surface area contributed by atoms with E-state index >= 15 is 0 Å². The van der Waals surface area contributed by atoms with Crippen LogP contribution in [0.5, 0.6) is 0 Å². The molecule has 1 amide bonds. The van der Waals surface area contributed by atoms with E-state index in [1.165, 1.54) is 0 Å². The summed E-state index contributed by atoms with van der Waals surface area (Å²) in [6.45, 7) is 6.15. The van der Waals surface area contributed by atoms with Crippen molar-refractivity contribution < 1.29 is 19.1 Å². The average molecular weight is 479 g/mol. The Bertz CT molecular complexity index is 1030. The molecule has 3 aromatic rings. The zero-order valence-electron chi connectivity index (χ0n) is 20.5. The van der Waals surface area contributed by atoms with Crippen LogP contribution in [0.15, 0.2) is 73.2 Å². The van der Waals surface area contributed by atoms with Crippen molar-refractivity contribution in [2.45, 2.75) is 57.9 Å². The molecule has 2 atom stereocenters. The monoisotopic (exact) mass is 478 g/mol. The lowest BCUT2D eigenvalue weighted by Gasteiger charge is -2.25. The van der Waals surface area contributed by atoms with Crippen molar-refractivity contribution in [3.05, 3.63) is 90.0 Å². The first kappa shape index (κ1) is 26.0. The number of amides is 1. The molecule has 1 unspecified atom stereocenters. The van der Waals surface area contributed by atoms with E-state index in [1.54, 1.807) is 12.5 Å². The molecular weight excluding hydrogens is 444 g/mol. The van der Waals surface area contributed by atoms with Gasteiger partial charge in [-0.3, -0.25) is 4.79 Å². The first-order chi connectivity index (χ1) is 16.8. The molecule has 186 valence electrons. The Hall–Kier alpha value is -3.65. The lowest BCUT2D eigenvalue weighted by Crippen LogP contribution is -2.42. The molecule has 2 aromatic carbocycles. The van der Waals surface area contributed by atoms with E-state index in [2.05, 4.69) is 20.6 Å². The van der Waals surface area contributed by atoms with Gasteiger partial charge in [0, 0.05) is 18.3 Å². The number of benzene rings is 2. The molecule has 0 aliphatic carbocycles. The fraction of sp³-hybridized carbons (Fsp3) is 0.370. The Morgan fingerprint density at radius 3 is 2.34 bits per heavy atom.